The first-order valence-electron chi connectivity index (χ1n) is 5.54. The Morgan fingerprint density at radius 1 is 1.42 bits per heavy atom. The van der Waals surface area contributed by atoms with Crippen LogP contribution in [0.5, 0.6) is 0 Å². The number of hydrogen-bond donors (Lipinski definition) is 2. The fourth-order valence-corrected chi connectivity index (χ4v) is 2.57. The van der Waals surface area contributed by atoms with Gasteiger partial charge in [0.25, 0.3) is 0 Å². The highest BCUT2D eigenvalue weighted by atomic mass is 32.2. The Morgan fingerprint density at radius 2 is 2.16 bits per heavy atom. The minimum Gasteiger partial charge on any atom is -0.382 e. The van der Waals surface area contributed by atoms with Gasteiger partial charge in [-0.05, 0) is 6.92 Å². The summed E-state index contributed by atoms with van der Waals surface area (Å²) in [6.07, 6.45) is 5.52. The zero-order chi connectivity index (χ0) is 14.0. The molecule has 0 radical (unpaired) electrons. The maximum Gasteiger partial charge on any atom is 0.182 e. The van der Waals surface area contributed by atoms with Gasteiger partial charge in [0.2, 0.25) is 0 Å². The smallest absolute Gasteiger partial charge is 0.182 e. The van der Waals surface area contributed by atoms with E-state index in [1.807, 2.05) is 6.92 Å². The van der Waals surface area contributed by atoms with Crippen LogP contribution in [-0.4, -0.2) is 41.0 Å². The molecule has 8 nitrogen and oxygen atoms in total. The van der Waals surface area contributed by atoms with Crippen molar-refractivity contribution in [2.75, 3.05) is 23.9 Å². The summed E-state index contributed by atoms with van der Waals surface area (Å²) >= 11 is 0. The van der Waals surface area contributed by atoms with Crippen LogP contribution in [0.15, 0.2) is 23.5 Å². The summed E-state index contributed by atoms with van der Waals surface area (Å²) < 4.78 is 24.8. The average molecular weight is 282 g/mol. The average Bonchev–Trinajstić information content (AvgIpc) is 2.67. The summed E-state index contributed by atoms with van der Waals surface area (Å²) in [6.45, 7) is 2.36. The van der Waals surface area contributed by atoms with Gasteiger partial charge in [-0.2, -0.15) is 4.68 Å². The molecule has 0 fully saturated rings. The van der Waals surface area contributed by atoms with Crippen LogP contribution in [0.2, 0.25) is 0 Å². The minimum absolute atomic E-state index is 0.0129. The van der Waals surface area contributed by atoms with E-state index in [1.165, 1.54) is 23.3 Å². The molecule has 0 aromatic carbocycles. The first-order valence-corrected chi connectivity index (χ1v) is 7.43. The standard InChI is InChI=1S/C10H14N6O2S/c1-3-13-10-8(19(2,17)18)9(11)16(15-10)7-6-12-4-5-14-7/h4-6H,3,11H2,1-2H3,(H,13,15). The lowest BCUT2D eigenvalue weighted by Crippen LogP contribution is -2.07. The fraction of sp³-hybridized carbons (Fsp3) is 0.300. The number of anilines is 2. The zero-order valence-electron chi connectivity index (χ0n) is 10.5. The lowest BCUT2D eigenvalue weighted by Gasteiger charge is -2.02. The molecule has 0 aliphatic heterocycles. The maximum atomic E-state index is 11.8. The second-order valence-corrected chi connectivity index (χ2v) is 5.79. The number of hydrogen-bond acceptors (Lipinski definition) is 7. The van der Waals surface area contributed by atoms with Crippen molar-refractivity contribution in [3.05, 3.63) is 18.6 Å². The van der Waals surface area contributed by atoms with Gasteiger partial charge in [-0.1, -0.05) is 0 Å². The number of rotatable bonds is 4. The van der Waals surface area contributed by atoms with Crippen LogP contribution < -0.4 is 11.1 Å². The monoisotopic (exact) mass is 282 g/mol. The van der Waals surface area contributed by atoms with Gasteiger partial charge < -0.3 is 11.1 Å². The third kappa shape index (κ3) is 2.50. The second-order valence-electron chi connectivity index (χ2n) is 3.84. The summed E-state index contributed by atoms with van der Waals surface area (Å²) in [6, 6.07) is 0. The lowest BCUT2D eigenvalue weighted by atomic mass is 10.5. The van der Waals surface area contributed by atoms with Crippen molar-refractivity contribution >= 4 is 21.5 Å². The van der Waals surface area contributed by atoms with Crippen molar-refractivity contribution in [2.24, 2.45) is 0 Å². The topological polar surface area (TPSA) is 116 Å². The largest absolute Gasteiger partial charge is 0.382 e. The molecular weight excluding hydrogens is 268 g/mol. The van der Waals surface area contributed by atoms with E-state index in [4.69, 9.17) is 5.73 Å². The maximum absolute atomic E-state index is 11.8. The van der Waals surface area contributed by atoms with Gasteiger partial charge in [0, 0.05) is 25.2 Å². The Kier molecular flexibility index (Phi) is 3.38. The van der Waals surface area contributed by atoms with Crippen LogP contribution in [0.4, 0.5) is 11.6 Å². The molecule has 0 unspecified atom stereocenters. The number of nitrogen functional groups attached to an aromatic ring is 1. The van der Waals surface area contributed by atoms with E-state index in [0.717, 1.165) is 6.26 Å². The van der Waals surface area contributed by atoms with E-state index < -0.39 is 9.84 Å². The molecule has 0 aliphatic carbocycles. The fourth-order valence-electron chi connectivity index (χ4n) is 1.64. The molecule has 0 atom stereocenters. The van der Waals surface area contributed by atoms with E-state index in [1.54, 1.807) is 0 Å². The van der Waals surface area contributed by atoms with Crippen LogP contribution in [0.25, 0.3) is 5.82 Å². The molecule has 2 aromatic rings. The van der Waals surface area contributed by atoms with E-state index in [-0.39, 0.29) is 16.5 Å². The minimum atomic E-state index is -3.49. The molecular formula is C10H14N6O2S. The highest BCUT2D eigenvalue weighted by molar-refractivity contribution is 7.91. The number of sulfone groups is 1. The number of nitrogens with one attached hydrogen (secondary N) is 1. The van der Waals surface area contributed by atoms with Crippen molar-refractivity contribution in [1.29, 1.82) is 0 Å². The SMILES string of the molecule is CCNc1nn(-c2cnccn2)c(N)c1S(C)(=O)=O. The molecule has 0 amide bonds. The quantitative estimate of drug-likeness (QED) is 0.815. The van der Waals surface area contributed by atoms with E-state index in [0.29, 0.717) is 12.4 Å². The molecule has 2 heterocycles. The summed E-state index contributed by atoms with van der Waals surface area (Å²) in [5, 5.41) is 7.01. The van der Waals surface area contributed by atoms with Crippen molar-refractivity contribution in [2.45, 2.75) is 11.8 Å². The summed E-state index contributed by atoms with van der Waals surface area (Å²) in [4.78, 5) is 7.91. The van der Waals surface area contributed by atoms with Crippen LogP contribution in [-0.2, 0) is 9.84 Å². The Balaban J connectivity index is 2.66. The van der Waals surface area contributed by atoms with Crippen molar-refractivity contribution in [1.82, 2.24) is 19.7 Å². The van der Waals surface area contributed by atoms with Crippen molar-refractivity contribution in [3.63, 3.8) is 0 Å². The Bertz CT molecular complexity index is 680. The Hall–Kier alpha value is -2.16. The zero-order valence-corrected chi connectivity index (χ0v) is 11.3. The summed E-state index contributed by atoms with van der Waals surface area (Å²) in [7, 11) is -3.49. The third-order valence-electron chi connectivity index (χ3n) is 2.36. The highest BCUT2D eigenvalue weighted by Crippen LogP contribution is 2.28. The van der Waals surface area contributed by atoms with Gasteiger partial charge in [0.1, 0.15) is 5.82 Å². The molecule has 3 N–H and O–H groups in total. The summed E-state index contributed by atoms with van der Waals surface area (Å²) in [5.41, 5.74) is 5.87. The molecule has 2 aromatic heterocycles. The second kappa shape index (κ2) is 4.84. The lowest BCUT2D eigenvalue weighted by molar-refractivity contribution is 0.602. The van der Waals surface area contributed by atoms with E-state index in [9.17, 15) is 8.42 Å². The third-order valence-corrected chi connectivity index (χ3v) is 3.50. The van der Waals surface area contributed by atoms with Gasteiger partial charge in [0.15, 0.2) is 26.4 Å². The molecule has 0 saturated carbocycles. The summed E-state index contributed by atoms with van der Waals surface area (Å²) in [5.74, 6) is 0.584. The van der Waals surface area contributed by atoms with Gasteiger partial charge in [-0.25, -0.2) is 13.4 Å². The van der Waals surface area contributed by atoms with E-state index in [2.05, 4.69) is 20.4 Å². The van der Waals surface area contributed by atoms with Crippen molar-refractivity contribution in [3.8, 4) is 5.82 Å². The van der Waals surface area contributed by atoms with Crippen LogP contribution in [0, 0.1) is 0 Å². The van der Waals surface area contributed by atoms with Gasteiger partial charge >= 0.3 is 0 Å². The molecule has 19 heavy (non-hydrogen) atoms. The molecule has 2 rings (SSSR count). The van der Waals surface area contributed by atoms with Gasteiger partial charge in [-0.3, -0.25) is 4.98 Å². The first kappa shape index (κ1) is 13.3. The normalized spacial score (nSPS) is 11.5. The van der Waals surface area contributed by atoms with Crippen LogP contribution >= 0.6 is 0 Å². The highest BCUT2D eigenvalue weighted by Gasteiger charge is 2.24. The molecule has 0 aliphatic rings. The number of nitrogens with two attached hydrogens (primary N) is 1. The van der Waals surface area contributed by atoms with Crippen LogP contribution in [0.1, 0.15) is 6.92 Å². The Morgan fingerprint density at radius 3 is 2.68 bits per heavy atom. The predicted octanol–water partition coefficient (Wildman–Crippen LogP) is 0.0798. The number of aromatic nitrogens is 4. The molecule has 9 heteroatoms. The molecule has 0 saturated heterocycles. The molecule has 0 bridgehead atoms. The van der Waals surface area contributed by atoms with Gasteiger partial charge in [0.05, 0.1) is 6.20 Å². The van der Waals surface area contributed by atoms with E-state index >= 15 is 0 Å². The predicted molar refractivity (Wildman–Crippen MR) is 70.8 cm³/mol. The molecule has 0 spiro atoms. The van der Waals surface area contributed by atoms with Crippen molar-refractivity contribution < 1.29 is 8.42 Å². The Labute approximate surface area is 110 Å². The molecule has 102 valence electrons. The number of nitrogens with zero attached hydrogens (tertiary/aromatic N) is 4. The van der Waals surface area contributed by atoms with Gasteiger partial charge in [-0.15, -0.1) is 5.10 Å². The van der Waals surface area contributed by atoms with Crippen LogP contribution in [0.3, 0.4) is 0 Å². The first-order chi connectivity index (χ1) is 8.95.